The van der Waals surface area contributed by atoms with E-state index in [1.54, 1.807) is 11.3 Å². The van der Waals surface area contributed by atoms with Crippen molar-refractivity contribution in [1.29, 1.82) is 0 Å². The second-order valence-electron chi connectivity index (χ2n) is 13.6. The van der Waals surface area contributed by atoms with Gasteiger partial charge in [-0.1, -0.05) is 158 Å². The Kier molecular flexibility index (Phi) is 7.57. The first-order chi connectivity index (χ1) is 27.7. The van der Waals surface area contributed by atoms with Crippen LogP contribution in [-0.4, -0.2) is 24.9 Å². The van der Waals surface area contributed by atoms with Gasteiger partial charge < -0.3 is 4.42 Å². The summed E-state index contributed by atoms with van der Waals surface area (Å²) in [6.45, 7) is 0. The van der Waals surface area contributed by atoms with Crippen LogP contribution in [0.1, 0.15) is 0 Å². The van der Waals surface area contributed by atoms with Gasteiger partial charge in [-0.25, -0.2) is 24.9 Å². The van der Waals surface area contributed by atoms with E-state index in [-0.39, 0.29) is 0 Å². The predicted octanol–water partition coefficient (Wildman–Crippen LogP) is 12.9. The minimum Gasteiger partial charge on any atom is -0.452 e. The average Bonchev–Trinajstić information content (AvgIpc) is 3.85. The van der Waals surface area contributed by atoms with Crippen LogP contribution in [0.15, 0.2) is 180 Å². The molecule has 0 aliphatic rings. The number of para-hydroxylation sites is 1. The number of aromatic nitrogens is 5. The Bertz CT molecular complexity index is 3180. The summed E-state index contributed by atoms with van der Waals surface area (Å²) in [6.07, 6.45) is 0. The Morgan fingerprint density at radius 2 is 0.911 bits per heavy atom. The topological polar surface area (TPSA) is 77.6 Å². The molecule has 11 aromatic rings. The Morgan fingerprint density at radius 1 is 0.375 bits per heavy atom. The molecule has 0 unspecified atom stereocenters. The van der Waals surface area contributed by atoms with Crippen LogP contribution in [0.2, 0.25) is 0 Å². The summed E-state index contributed by atoms with van der Waals surface area (Å²) in [5.41, 5.74) is 10.2. The zero-order valence-electron chi connectivity index (χ0n) is 29.8. The molecule has 0 aliphatic heterocycles. The molecule has 0 bridgehead atoms. The molecule has 7 heteroatoms. The van der Waals surface area contributed by atoms with Crippen LogP contribution in [0, 0.1) is 0 Å². The Labute approximate surface area is 325 Å². The van der Waals surface area contributed by atoms with Crippen LogP contribution in [0.4, 0.5) is 0 Å². The van der Waals surface area contributed by atoms with E-state index in [0.717, 1.165) is 55.6 Å². The lowest BCUT2D eigenvalue weighted by Crippen LogP contribution is -2.00. The quantitative estimate of drug-likeness (QED) is 0.169. The molecule has 0 saturated carbocycles. The largest absolute Gasteiger partial charge is 0.452 e. The van der Waals surface area contributed by atoms with Gasteiger partial charge in [-0.2, -0.15) is 0 Å². The Morgan fingerprint density at radius 3 is 1.59 bits per heavy atom. The van der Waals surface area contributed by atoms with Crippen LogP contribution in [0.3, 0.4) is 0 Å². The zero-order valence-corrected chi connectivity index (χ0v) is 30.6. The van der Waals surface area contributed by atoms with Gasteiger partial charge in [0.2, 0.25) is 0 Å². The molecule has 0 saturated heterocycles. The lowest BCUT2D eigenvalue weighted by molar-refractivity contribution is 0.667. The van der Waals surface area contributed by atoms with Crippen molar-refractivity contribution in [3.8, 4) is 67.9 Å². The molecular weight excluding hydrogens is 707 g/mol. The number of hydrogen-bond acceptors (Lipinski definition) is 7. The third-order valence-electron chi connectivity index (χ3n) is 10.2. The first kappa shape index (κ1) is 32.1. The smallest absolute Gasteiger partial charge is 0.180 e. The minimum atomic E-state index is 0.635. The van der Waals surface area contributed by atoms with Gasteiger partial charge in [0.05, 0.1) is 0 Å². The molecule has 0 fully saturated rings. The van der Waals surface area contributed by atoms with Gasteiger partial charge in [-0.15, -0.1) is 11.3 Å². The van der Waals surface area contributed by atoms with E-state index < -0.39 is 0 Å². The molecule has 56 heavy (non-hydrogen) atoms. The van der Waals surface area contributed by atoms with Crippen LogP contribution in [0.25, 0.3) is 110 Å². The van der Waals surface area contributed by atoms with Crippen molar-refractivity contribution in [3.05, 3.63) is 176 Å². The van der Waals surface area contributed by atoms with Crippen LogP contribution >= 0.6 is 11.3 Å². The number of nitrogens with zero attached hydrogens (tertiary/aromatic N) is 5. The molecule has 4 aromatic heterocycles. The monoisotopic (exact) mass is 735 g/mol. The number of fused-ring (bicyclic) bond motifs is 6. The summed E-state index contributed by atoms with van der Waals surface area (Å²) in [5, 5.41) is 3.40. The summed E-state index contributed by atoms with van der Waals surface area (Å²) in [7, 11) is 0. The van der Waals surface area contributed by atoms with E-state index in [2.05, 4.69) is 78.9 Å². The van der Waals surface area contributed by atoms with Crippen molar-refractivity contribution < 1.29 is 4.42 Å². The van der Waals surface area contributed by atoms with Crippen molar-refractivity contribution in [3.63, 3.8) is 0 Å². The zero-order chi connectivity index (χ0) is 37.0. The molecule has 0 radical (unpaired) electrons. The van der Waals surface area contributed by atoms with Crippen molar-refractivity contribution in [2.75, 3.05) is 0 Å². The molecule has 0 atom stereocenters. The first-order valence-corrected chi connectivity index (χ1v) is 19.2. The van der Waals surface area contributed by atoms with Gasteiger partial charge in [0, 0.05) is 53.4 Å². The van der Waals surface area contributed by atoms with Gasteiger partial charge in [0.1, 0.15) is 16.8 Å². The number of benzene rings is 7. The highest BCUT2D eigenvalue weighted by atomic mass is 32.1. The molecule has 6 nitrogen and oxygen atoms in total. The van der Waals surface area contributed by atoms with E-state index >= 15 is 0 Å². The van der Waals surface area contributed by atoms with E-state index in [1.807, 2.05) is 97.1 Å². The number of furan rings is 1. The fourth-order valence-corrected chi connectivity index (χ4v) is 8.69. The van der Waals surface area contributed by atoms with E-state index in [0.29, 0.717) is 28.9 Å². The molecule has 0 amide bonds. The van der Waals surface area contributed by atoms with Gasteiger partial charge in [-0.05, 0) is 29.3 Å². The second-order valence-corrected chi connectivity index (χ2v) is 14.7. The van der Waals surface area contributed by atoms with Crippen LogP contribution in [-0.2, 0) is 0 Å². The molecule has 0 spiro atoms. The molecule has 11 rings (SSSR count). The van der Waals surface area contributed by atoms with Gasteiger partial charge in [0.15, 0.2) is 28.9 Å². The fourth-order valence-electron chi connectivity index (χ4n) is 7.41. The standard InChI is InChI=1S/C49H29N5OS/c1-4-13-31(14-5-1)42-44-43(39-19-10-11-22-40(39)55-44)51-49(50-42)35-27-28-37-38-21-12-20-36(45(38)56-41(37)29-35)30-23-25-34(26-24-30)48-53-46(32-15-6-2-7-16-32)52-47(54-48)33-17-8-3-9-18-33/h1-29H. The van der Waals surface area contributed by atoms with Gasteiger partial charge in [-0.3, -0.25) is 0 Å². The third kappa shape index (κ3) is 5.52. The summed E-state index contributed by atoms with van der Waals surface area (Å²) in [5.74, 6) is 2.60. The number of hydrogen-bond donors (Lipinski definition) is 0. The number of rotatable bonds is 6. The van der Waals surface area contributed by atoms with E-state index in [1.165, 1.54) is 25.7 Å². The summed E-state index contributed by atoms with van der Waals surface area (Å²) >= 11 is 1.79. The molecule has 0 N–H and O–H groups in total. The second kappa shape index (κ2) is 13.2. The highest BCUT2D eigenvalue weighted by Crippen LogP contribution is 2.42. The third-order valence-corrected chi connectivity index (χ3v) is 11.4. The maximum atomic E-state index is 6.34. The first-order valence-electron chi connectivity index (χ1n) is 18.4. The minimum absolute atomic E-state index is 0.635. The van der Waals surface area contributed by atoms with Crippen molar-refractivity contribution in [1.82, 2.24) is 24.9 Å². The van der Waals surface area contributed by atoms with Gasteiger partial charge >= 0.3 is 0 Å². The van der Waals surface area contributed by atoms with Gasteiger partial charge in [0.25, 0.3) is 0 Å². The van der Waals surface area contributed by atoms with Crippen LogP contribution < -0.4 is 0 Å². The van der Waals surface area contributed by atoms with E-state index in [9.17, 15) is 0 Å². The molecule has 4 heterocycles. The maximum absolute atomic E-state index is 6.34. The summed E-state index contributed by atoms with van der Waals surface area (Å²) < 4.78 is 8.75. The average molecular weight is 736 g/mol. The summed E-state index contributed by atoms with van der Waals surface area (Å²) in [6, 6.07) is 60.0. The van der Waals surface area contributed by atoms with Crippen molar-refractivity contribution in [2.24, 2.45) is 0 Å². The van der Waals surface area contributed by atoms with E-state index in [4.69, 9.17) is 29.3 Å². The lowest BCUT2D eigenvalue weighted by atomic mass is 10.0. The van der Waals surface area contributed by atoms with Crippen molar-refractivity contribution in [2.45, 2.75) is 0 Å². The van der Waals surface area contributed by atoms with Crippen molar-refractivity contribution >= 4 is 53.6 Å². The molecule has 7 aromatic carbocycles. The lowest BCUT2D eigenvalue weighted by Gasteiger charge is -2.09. The molecular formula is C49H29N5OS. The fraction of sp³-hybridized carbons (Fsp3) is 0. The maximum Gasteiger partial charge on any atom is 0.180 e. The van der Waals surface area contributed by atoms with Crippen LogP contribution in [0.5, 0.6) is 0 Å². The SMILES string of the molecule is c1ccc(-c2nc(-c3ccccc3)nc(-c3ccc(-c4cccc5c4sc4cc(-c6nc(-c7ccccc7)c7oc8ccccc8c7n6)ccc45)cc3)n2)cc1. The molecule has 262 valence electrons. The highest BCUT2D eigenvalue weighted by molar-refractivity contribution is 7.26. The Balaban J connectivity index is 0.992. The molecule has 0 aliphatic carbocycles. The number of thiophene rings is 1. The summed E-state index contributed by atoms with van der Waals surface area (Å²) in [4.78, 5) is 24.9. The predicted molar refractivity (Wildman–Crippen MR) is 228 cm³/mol. The highest BCUT2D eigenvalue weighted by Gasteiger charge is 2.19. The Hall–Kier alpha value is -7.35. The normalized spacial score (nSPS) is 11.6.